The smallest absolute Gasteiger partial charge is 0.338 e. The molecule has 0 saturated carbocycles. The number of esters is 2. The zero-order chi connectivity index (χ0) is 24.1. The first-order chi connectivity index (χ1) is 15.7. The van der Waals surface area contributed by atoms with E-state index >= 15 is 0 Å². The lowest BCUT2D eigenvalue weighted by Gasteiger charge is -2.11. The van der Waals surface area contributed by atoms with Crippen molar-refractivity contribution in [3.63, 3.8) is 0 Å². The SMILES string of the molecule is C=C(C)C(=O)OCc1ccc(-c2ccc(-c3ccc(OC(=O)C(=C)C)cc3)c(F)c2F)cc1. The molecule has 0 aliphatic carbocycles. The summed E-state index contributed by atoms with van der Waals surface area (Å²) in [4.78, 5) is 23.1. The van der Waals surface area contributed by atoms with Crippen molar-refractivity contribution in [3.8, 4) is 28.0 Å². The molecule has 0 spiro atoms. The molecule has 0 N–H and O–H groups in total. The molecular formula is C27H22F2O4. The van der Waals surface area contributed by atoms with Crippen molar-refractivity contribution < 1.29 is 27.8 Å². The number of hydrogen-bond acceptors (Lipinski definition) is 4. The Balaban J connectivity index is 1.79. The maximum Gasteiger partial charge on any atom is 0.338 e. The van der Waals surface area contributed by atoms with Crippen LogP contribution in [-0.2, 0) is 20.9 Å². The summed E-state index contributed by atoms with van der Waals surface area (Å²) in [5, 5.41) is 0. The molecule has 4 nitrogen and oxygen atoms in total. The second kappa shape index (κ2) is 10.0. The average Bonchev–Trinajstić information content (AvgIpc) is 2.80. The molecule has 0 fully saturated rings. The Bertz CT molecular complexity index is 1230. The minimum absolute atomic E-state index is 0.0550. The lowest BCUT2D eigenvalue weighted by Crippen LogP contribution is -2.07. The molecule has 0 saturated heterocycles. The van der Waals surface area contributed by atoms with Gasteiger partial charge in [-0.15, -0.1) is 0 Å². The Morgan fingerprint density at radius 2 is 1.18 bits per heavy atom. The molecule has 0 amide bonds. The van der Waals surface area contributed by atoms with Gasteiger partial charge in [0, 0.05) is 22.3 Å². The maximum atomic E-state index is 14.9. The van der Waals surface area contributed by atoms with Gasteiger partial charge >= 0.3 is 11.9 Å². The van der Waals surface area contributed by atoms with Crippen molar-refractivity contribution in [2.45, 2.75) is 20.5 Å². The van der Waals surface area contributed by atoms with Crippen LogP contribution < -0.4 is 4.74 Å². The Labute approximate surface area is 190 Å². The molecule has 0 aromatic heterocycles. The van der Waals surface area contributed by atoms with Crippen LogP contribution in [0.4, 0.5) is 8.78 Å². The number of rotatable bonds is 7. The summed E-state index contributed by atoms with van der Waals surface area (Å²) >= 11 is 0. The van der Waals surface area contributed by atoms with Gasteiger partial charge < -0.3 is 9.47 Å². The minimum atomic E-state index is -0.987. The van der Waals surface area contributed by atoms with Crippen LogP contribution >= 0.6 is 0 Å². The number of carbonyl (C=O) groups excluding carboxylic acids is 2. The quantitative estimate of drug-likeness (QED) is 0.238. The third-order valence-corrected chi connectivity index (χ3v) is 4.79. The molecule has 168 valence electrons. The van der Waals surface area contributed by atoms with Crippen LogP contribution in [0.5, 0.6) is 5.75 Å². The zero-order valence-electron chi connectivity index (χ0n) is 18.3. The van der Waals surface area contributed by atoms with E-state index in [9.17, 15) is 18.4 Å². The van der Waals surface area contributed by atoms with E-state index < -0.39 is 23.6 Å². The van der Waals surface area contributed by atoms with Crippen LogP contribution in [-0.4, -0.2) is 11.9 Å². The molecule has 0 aliphatic rings. The van der Waals surface area contributed by atoms with Gasteiger partial charge in [0.25, 0.3) is 0 Å². The minimum Gasteiger partial charge on any atom is -0.457 e. The summed E-state index contributed by atoms with van der Waals surface area (Å²) in [7, 11) is 0. The normalized spacial score (nSPS) is 10.4. The van der Waals surface area contributed by atoms with E-state index in [0.717, 1.165) is 0 Å². The molecule has 3 aromatic carbocycles. The second-order valence-corrected chi connectivity index (χ2v) is 7.54. The van der Waals surface area contributed by atoms with E-state index in [1.165, 1.54) is 31.2 Å². The molecule has 3 rings (SSSR count). The Morgan fingerprint density at radius 3 is 1.64 bits per heavy atom. The maximum absolute atomic E-state index is 14.9. The van der Waals surface area contributed by atoms with E-state index in [-0.39, 0.29) is 29.1 Å². The fraction of sp³-hybridized carbons (Fsp3) is 0.111. The van der Waals surface area contributed by atoms with Gasteiger partial charge in [0.2, 0.25) is 0 Å². The van der Waals surface area contributed by atoms with Gasteiger partial charge in [0.1, 0.15) is 12.4 Å². The van der Waals surface area contributed by atoms with Crippen LogP contribution in [0.3, 0.4) is 0 Å². The first-order valence-corrected chi connectivity index (χ1v) is 10.1. The molecule has 0 unspecified atom stereocenters. The predicted octanol–water partition coefficient (Wildman–Crippen LogP) is 6.40. The highest BCUT2D eigenvalue weighted by Crippen LogP contribution is 2.32. The summed E-state index contributed by atoms with van der Waals surface area (Å²) in [6, 6.07) is 15.7. The number of benzene rings is 3. The van der Waals surface area contributed by atoms with Gasteiger partial charge in [0.15, 0.2) is 11.6 Å². The first kappa shape index (κ1) is 23.6. The Kier molecular flexibility index (Phi) is 7.18. The molecule has 6 heteroatoms. The van der Waals surface area contributed by atoms with Gasteiger partial charge in [-0.2, -0.15) is 0 Å². The van der Waals surface area contributed by atoms with E-state index in [1.54, 1.807) is 43.3 Å². The van der Waals surface area contributed by atoms with E-state index in [2.05, 4.69) is 13.2 Å². The van der Waals surface area contributed by atoms with Crippen molar-refractivity contribution in [3.05, 3.63) is 102 Å². The average molecular weight is 448 g/mol. The van der Waals surface area contributed by atoms with Crippen molar-refractivity contribution in [2.24, 2.45) is 0 Å². The highest BCUT2D eigenvalue weighted by molar-refractivity contribution is 5.89. The first-order valence-electron chi connectivity index (χ1n) is 10.1. The number of hydrogen-bond donors (Lipinski definition) is 0. The summed E-state index contributed by atoms with van der Waals surface area (Å²) in [6.45, 7) is 10.2. The molecule has 0 atom stereocenters. The topological polar surface area (TPSA) is 52.6 Å². The number of ether oxygens (including phenoxy) is 2. The second-order valence-electron chi connectivity index (χ2n) is 7.54. The van der Waals surface area contributed by atoms with E-state index in [0.29, 0.717) is 22.3 Å². The third-order valence-electron chi connectivity index (χ3n) is 4.79. The van der Waals surface area contributed by atoms with E-state index in [4.69, 9.17) is 9.47 Å². The molecule has 0 heterocycles. The number of carbonyl (C=O) groups is 2. The van der Waals surface area contributed by atoms with Crippen molar-refractivity contribution in [2.75, 3.05) is 0 Å². The highest BCUT2D eigenvalue weighted by Gasteiger charge is 2.16. The molecular weight excluding hydrogens is 426 g/mol. The van der Waals surface area contributed by atoms with Gasteiger partial charge in [-0.05, 0) is 42.7 Å². The molecule has 33 heavy (non-hydrogen) atoms. The lowest BCUT2D eigenvalue weighted by atomic mass is 9.98. The fourth-order valence-corrected chi connectivity index (χ4v) is 2.94. The van der Waals surface area contributed by atoms with E-state index in [1.807, 2.05) is 0 Å². The Hall–Kier alpha value is -4.06. The zero-order valence-corrected chi connectivity index (χ0v) is 18.3. The van der Waals surface area contributed by atoms with Crippen molar-refractivity contribution in [1.29, 1.82) is 0 Å². The van der Waals surface area contributed by atoms with Gasteiger partial charge in [-0.1, -0.05) is 61.7 Å². The van der Waals surface area contributed by atoms with Gasteiger partial charge in [-0.3, -0.25) is 0 Å². The molecule has 3 aromatic rings. The summed E-state index contributed by atoms with van der Waals surface area (Å²) in [5.41, 5.74) is 2.36. The molecule has 0 radical (unpaired) electrons. The molecule has 0 bridgehead atoms. The van der Waals surface area contributed by atoms with Gasteiger partial charge in [-0.25, -0.2) is 18.4 Å². The van der Waals surface area contributed by atoms with Crippen LogP contribution in [0.25, 0.3) is 22.3 Å². The van der Waals surface area contributed by atoms with Crippen LogP contribution in [0.2, 0.25) is 0 Å². The highest BCUT2D eigenvalue weighted by atomic mass is 19.2. The van der Waals surface area contributed by atoms with Crippen LogP contribution in [0, 0.1) is 11.6 Å². The fourth-order valence-electron chi connectivity index (χ4n) is 2.94. The third kappa shape index (κ3) is 5.60. The van der Waals surface area contributed by atoms with Gasteiger partial charge in [0.05, 0.1) is 0 Å². The van der Waals surface area contributed by atoms with Crippen LogP contribution in [0.1, 0.15) is 19.4 Å². The predicted molar refractivity (Wildman–Crippen MR) is 122 cm³/mol. The van der Waals surface area contributed by atoms with Crippen molar-refractivity contribution in [1.82, 2.24) is 0 Å². The Morgan fingerprint density at radius 1 is 0.727 bits per heavy atom. The molecule has 0 aliphatic heterocycles. The summed E-state index contributed by atoms with van der Waals surface area (Å²) in [5.74, 6) is -2.75. The summed E-state index contributed by atoms with van der Waals surface area (Å²) < 4.78 is 40.0. The van der Waals surface area contributed by atoms with Crippen molar-refractivity contribution >= 4 is 11.9 Å². The lowest BCUT2D eigenvalue weighted by molar-refractivity contribution is -0.140. The van der Waals surface area contributed by atoms with Crippen LogP contribution in [0.15, 0.2) is 85.0 Å². The monoisotopic (exact) mass is 448 g/mol. The standard InChI is InChI=1S/C27H22F2O4/c1-16(2)26(30)32-15-18-5-7-19(8-6-18)22-13-14-23(25(29)24(22)28)20-9-11-21(12-10-20)33-27(31)17(3)4/h5-14H,1,3,15H2,2,4H3. The largest absolute Gasteiger partial charge is 0.457 e. The number of halogens is 2. The summed E-state index contributed by atoms with van der Waals surface area (Å²) in [6.07, 6.45) is 0.